The summed E-state index contributed by atoms with van der Waals surface area (Å²) < 4.78 is 41.0. The van der Waals surface area contributed by atoms with E-state index >= 15 is 0 Å². The molecule has 0 atom stereocenters. The van der Waals surface area contributed by atoms with E-state index in [0.29, 0.717) is 32.1 Å². The van der Waals surface area contributed by atoms with Crippen LogP contribution in [-0.4, -0.2) is 49.7 Å². The van der Waals surface area contributed by atoms with E-state index in [1.165, 1.54) is 4.90 Å². The zero-order valence-corrected chi connectivity index (χ0v) is 9.07. The lowest BCUT2D eigenvalue weighted by Gasteiger charge is -2.21. The van der Waals surface area contributed by atoms with Gasteiger partial charge in [0.1, 0.15) is 0 Å². The van der Waals surface area contributed by atoms with Crippen molar-refractivity contribution in [2.75, 3.05) is 38.6 Å². The number of hydrogen-bond acceptors (Lipinski definition) is 3. The predicted octanol–water partition coefficient (Wildman–Crippen LogP) is 1.82. The van der Waals surface area contributed by atoms with Crippen LogP contribution < -0.4 is 0 Å². The molecular weight excluding hydrogens is 215 g/mol. The molecule has 0 saturated heterocycles. The Bertz CT molecular complexity index is 143. The maximum Gasteiger partial charge on any atom is 0.401 e. The minimum atomic E-state index is -4.13. The van der Waals surface area contributed by atoms with Gasteiger partial charge in [-0.1, -0.05) is 6.92 Å². The van der Waals surface area contributed by atoms with Crippen LogP contribution in [0.5, 0.6) is 0 Å². The average Bonchev–Trinajstić information content (AvgIpc) is 2.08. The first-order valence-electron chi connectivity index (χ1n) is 4.47. The molecule has 0 heterocycles. The lowest BCUT2D eigenvalue weighted by atomic mass is 10.4. The van der Waals surface area contributed by atoms with Crippen LogP contribution in [0.2, 0.25) is 0 Å². The third kappa shape index (κ3) is 8.65. The van der Waals surface area contributed by atoms with Gasteiger partial charge in [-0.25, -0.2) is 0 Å². The highest BCUT2D eigenvalue weighted by Gasteiger charge is 2.29. The van der Waals surface area contributed by atoms with Crippen LogP contribution in [0.15, 0.2) is 0 Å². The van der Waals surface area contributed by atoms with Gasteiger partial charge in [-0.05, 0) is 6.54 Å². The second kappa shape index (κ2) is 7.36. The maximum absolute atomic E-state index is 12.0. The fourth-order valence-electron chi connectivity index (χ4n) is 0.963. The molecule has 14 heavy (non-hydrogen) atoms. The summed E-state index contributed by atoms with van der Waals surface area (Å²) in [5, 5.41) is 0. The average molecular weight is 231 g/mol. The quantitative estimate of drug-likeness (QED) is 0.530. The number of thiol groups is 1. The van der Waals surface area contributed by atoms with E-state index in [4.69, 9.17) is 4.74 Å². The molecule has 0 aliphatic carbocycles. The summed E-state index contributed by atoms with van der Waals surface area (Å²) in [4.78, 5) is 1.30. The second-order valence-corrected chi connectivity index (χ2v) is 3.27. The molecule has 0 rings (SSSR count). The Morgan fingerprint density at radius 2 is 1.93 bits per heavy atom. The summed E-state index contributed by atoms with van der Waals surface area (Å²) in [5.41, 5.74) is 0. The molecule has 0 unspecified atom stereocenters. The second-order valence-electron chi connectivity index (χ2n) is 2.82. The minimum absolute atomic E-state index is 0.309. The summed E-state index contributed by atoms with van der Waals surface area (Å²) >= 11 is 3.92. The van der Waals surface area contributed by atoms with Gasteiger partial charge in [-0.2, -0.15) is 25.8 Å². The van der Waals surface area contributed by atoms with Crippen LogP contribution >= 0.6 is 12.6 Å². The van der Waals surface area contributed by atoms with Crippen molar-refractivity contribution in [1.82, 2.24) is 4.90 Å². The number of halogens is 3. The van der Waals surface area contributed by atoms with Gasteiger partial charge in [0.15, 0.2) is 0 Å². The standard InChI is InChI=1S/C8H16F3NOS/c1-2-12(7-8(9,10)11)3-4-13-5-6-14/h14H,2-7H2,1H3. The van der Waals surface area contributed by atoms with Gasteiger partial charge in [0.05, 0.1) is 19.8 Å². The summed E-state index contributed by atoms with van der Waals surface area (Å²) in [6.45, 7) is 2.32. The third-order valence-electron chi connectivity index (χ3n) is 1.64. The monoisotopic (exact) mass is 231 g/mol. The maximum atomic E-state index is 12.0. The molecular formula is C8H16F3NOS. The molecule has 0 aromatic heterocycles. The van der Waals surface area contributed by atoms with Crippen LogP contribution in [0.1, 0.15) is 6.92 Å². The molecule has 0 aromatic rings. The van der Waals surface area contributed by atoms with Gasteiger partial charge in [-0.3, -0.25) is 4.90 Å². The highest BCUT2D eigenvalue weighted by Crippen LogP contribution is 2.15. The van der Waals surface area contributed by atoms with Crippen LogP contribution in [0.4, 0.5) is 13.2 Å². The molecule has 0 aliphatic heterocycles. The van der Waals surface area contributed by atoms with Crippen LogP contribution in [0, 0.1) is 0 Å². The summed E-state index contributed by atoms with van der Waals surface area (Å²) in [5.74, 6) is 0.589. The number of nitrogens with zero attached hydrogens (tertiary/aromatic N) is 1. The molecule has 6 heteroatoms. The molecule has 0 radical (unpaired) electrons. The van der Waals surface area contributed by atoms with Crippen molar-refractivity contribution < 1.29 is 17.9 Å². The highest BCUT2D eigenvalue weighted by atomic mass is 32.1. The van der Waals surface area contributed by atoms with Crippen molar-refractivity contribution in [2.24, 2.45) is 0 Å². The van der Waals surface area contributed by atoms with E-state index in [0.717, 1.165) is 0 Å². The molecule has 0 saturated carbocycles. The van der Waals surface area contributed by atoms with Gasteiger partial charge in [0.2, 0.25) is 0 Å². The van der Waals surface area contributed by atoms with Crippen molar-refractivity contribution in [2.45, 2.75) is 13.1 Å². The zero-order chi connectivity index (χ0) is 11.0. The topological polar surface area (TPSA) is 12.5 Å². The SMILES string of the molecule is CCN(CCOCCS)CC(F)(F)F. The summed E-state index contributed by atoms with van der Waals surface area (Å²) in [6.07, 6.45) is -4.13. The fraction of sp³-hybridized carbons (Fsp3) is 1.00. The van der Waals surface area contributed by atoms with Gasteiger partial charge in [-0.15, -0.1) is 0 Å². The molecule has 2 nitrogen and oxygen atoms in total. The van der Waals surface area contributed by atoms with Crippen molar-refractivity contribution in [3.63, 3.8) is 0 Å². The number of likely N-dealkylation sites (N-methyl/N-ethyl adjacent to an activating group) is 1. The first-order valence-corrected chi connectivity index (χ1v) is 5.10. The van der Waals surface area contributed by atoms with E-state index in [9.17, 15) is 13.2 Å². The third-order valence-corrected chi connectivity index (χ3v) is 1.82. The lowest BCUT2D eigenvalue weighted by molar-refractivity contribution is -0.146. The molecule has 0 bridgehead atoms. The molecule has 0 amide bonds. The highest BCUT2D eigenvalue weighted by molar-refractivity contribution is 7.80. The predicted molar refractivity (Wildman–Crippen MR) is 52.8 cm³/mol. The van der Waals surface area contributed by atoms with Crippen molar-refractivity contribution >= 4 is 12.6 Å². The Morgan fingerprint density at radius 1 is 1.29 bits per heavy atom. The van der Waals surface area contributed by atoms with Crippen LogP contribution in [0.3, 0.4) is 0 Å². The van der Waals surface area contributed by atoms with E-state index in [1.54, 1.807) is 6.92 Å². The minimum Gasteiger partial charge on any atom is -0.379 e. The van der Waals surface area contributed by atoms with E-state index in [1.807, 2.05) is 0 Å². The van der Waals surface area contributed by atoms with Gasteiger partial charge >= 0.3 is 6.18 Å². The van der Waals surface area contributed by atoms with Crippen molar-refractivity contribution in [1.29, 1.82) is 0 Å². The van der Waals surface area contributed by atoms with E-state index in [-0.39, 0.29) is 0 Å². The van der Waals surface area contributed by atoms with Crippen molar-refractivity contribution in [3.05, 3.63) is 0 Å². The Morgan fingerprint density at radius 3 is 2.36 bits per heavy atom. The summed E-state index contributed by atoms with van der Waals surface area (Å²) in [6, 6.07) is 0. The molecule has 0 spiro atoms. The van der Waals surface area contributed by atoms with Gasteiger partial charge in [0, 0.05) is 12.3 Å². The first kappa shape index (κ1) is 14.1. The fourth-order valence-corrected chi connectivity index (χ4v) is 1.09. The number of ether oxygens (including phenoxy) is 1. The van der Waals surface area contributed by atoms with Gasteiger partial charge in [0.25, 0.3) is 0 Å². The molecule has 0 aliphatic rings. The first-order chi connectivity index (χ1) is 6.49. The Labute approximate surface area is 87.8 Å². The Kier molecular flexibility index (Phi) is 7.40. The molecule has 0 fully saturated rings. The summed E-state index contributed by atoms with van der Waals surface area (Å²) in [7, 11) is 0. The Balaban J connectivity index is 3.58. The van der Waals surface area contributed by atoms with Crippen LogP contribution in [-0.2, 0) is 4.74 Å². The number of alkyl halides is 3. The van der Waals surface area contributed by atoms with Crippen LogP contribution in [0.25, 0.3) is 0 Å². The number of hydrogen-bond donors (Lipinski definition) is 1. The van der Waals surface area contributed by atoms with E-state index in [2.05, 4.69) is 12.6 Å². The Hall–Kier alpha value is 0.0600. The van der Waals surface area contributed by atoms with Gasteiger partial charge < -0.3 is 4.74 Å². The molecule has 0 aromatic carbocycles. The molecule has 86 valence electrons. The normalized spacial score (nSPS) is 12.4. The zero-order valence-electron chi connectivity index (χ0n) is 8.18. The largest absolute Gasteiger partial charge is 0.401 e. The lowest BCUT2D eigenvalue weighted by Crippen LogP contribution is -2.36. The van der Waals surface area contributed by atoms with Crippen molar-refractivity contribution in [3.8, 4) is 0 Å². The smallest absolute Gasteiger partial charge is 0.379 e. The number of rotatable bonds is 7. The molecule has 0 N–H and O–H groups in total. The van der Waals surface area contributed by atoms with E-state index < -0.39 is 12.7 Å².